The van der Waals surface area contributed by atoms with Gasteiger partial charge in [-0.15, -0.1) is 0 Å². The third-order valence-electron chi connectivity index (χ3n) is 3.42. The van der Waals surface area contributed by atoms with E-state index >= 15 is 0 Å². The first kappa shape index (κ1) is 1.40. The number of fused-ring (bicyclic) bond motifs is 4. The van der Waals surface area contributed by atoms with Gasteiger partial charge in [-0.3, -0.25) is 0 Å². The summed E-state index contributed by atoms with van der Waals surface area (Å²) in [6.45, 7) is 5.42. The molecular weight excluding hydrogens is 55.3 g/mol. The average Bonchev–Trinajstić information content (AvgIpc) is 1.26. The van der Waals surface area contributed by atoms with E-state index in [0.717, 1.165) is 0 Å². The third-order valence-corrected chi connectivity index (χ3v) is 3.42. The van der Waals surface area contributed by atoms with Crippen molar-refractivity contribution < 1.29 is 0 Å². The fraction of sp³-hybridized carbons (Fsp3) is 1.00. The first-order valence-electron chi connectivity index (χ1n) is 2.49. The van der Waals surface area contributed by atoms with Crippen LogP contribution in [-0.2, 0) is 0 Å². The van der Waals surface area contributed by atoms with E-state index in [1.54, 1.807) is 0 Å². The second kappa shape index (κ2) is 0.136. The molecule has 0 radical (unpaired) electrons. The Morgan fingerprint density at radius 3 is 1.00 bits per heavy atom. The van der Waals surface area contributed by atoms with Crippen molar-refractivity contribution >= 4 is 26.0 Å². The second-order valence-corrected chi connectivity index (χ2v) is 3.10. The number of rotatable bonds is 0. The molecule has 4 heteroatoms. The van der Waals surface area contributed by atoms with Crippen LogP contribution in [0.5, 0.6) is 0 Å². The summed E-state index contributed by atoms with van der Waals surface area (Å²) < 4.78 is 0. The summed E-state index contributed by atoms with van der Waals surface area (Å²) in [4.78, 5) is 0. The van der Waals surface area contributed by atoms with Crippen LogP contribution in [0, 0.1) is 0 Å². The van der Waals surface area contributed by atoms with Gasteiger partial charge in [0.15, 0.2) is 0 Å². The van der Waals surface area contributed by atoms with Gasteiger partial charge in [-0.2, -0.15) is 5.01 Å². The highest BCUT2D eigenvalue weighted by molar-refractivity contribution is 8.45. The van der Waals surface area contributed by atoms with Gasteiger partial charge in [-0.05, 0) is 0 Å². The highest BCUT2D eigenvalue weighted by Crippen LogP contribution is 3.04. The normalized spacial score (nSPS) is 48.0. The van der Waals surface area contributed by atoms with E-state index in [-0.39, 0.29) is 0 Å². The van der Waals surface area contributed by atoms with E-state index in [9.17, 15) is 0 Å². The predicted octanol–water partition coefficient (Wildman–Crippen LogP) is -1.31. The number of hydrogen-bond donors (Lipinski definition) is 0. The van der Waals surface area contributed by atoms with Crippen molar-refractivity contribution in [2.45, 2.75) is 5.01 Å². The molecule has 4 saturated heterocycles. The van der Waals surface area contributed by atoms with Gasteiger partial charge < -0.3 is 0 Å². The minimum Gasteiger partial charge on any atom is -0.164 e. The Balaban J connectivity index is 2.71. The first-order valence-corrected chi connectivity index (χ1v) is 2.49. The molecule has 4 heterocycles. The molecule has 0 atom stereocenters. The second-order valence-electron chi connectivity index (χ2n) is 3.10. The lowest BCUT2D eigenvalue weighted by Crippen LogP contribution is -2.38. The Morgan fingerprint density at radius 1 is 0.800 bits per heavy atom. The van der Waals surface area contributed by atoms with Crippen LogP contribution in [0.3, 0.4) is 0 Å². The highest BCUT2D eigenvalue weighted by Gasteiger charge is 3.22. The lowest BCUT2D eigenvalue weighted by atomic mass is 8.81. The largest absolute Gasteiger partial charge is 0.164 e. The van der Waals surface area contributed by atoms with Gasteiger partial charge in [0.1, 0.15) is 0 Å². The summed E-state index contributed by atoms with van der Waals surface area (Å²) in [5.74, 6) is 0. The molecule has 0 aromatic heterocycles. The Morgan fingerprint density at radius 2 is 1.00 bits per heavy atom. The predicted molar refractivity (Wildman–Crippen MR) is 25.7 cm³/mol. The molecule has 0 aliphatic carbocycles. The quantitative estimate of drug-likeness (QED) is 0.302. The van der Waals surface area contributed by atoms with Crippen LogP contribution < -0.4 is 0 Å². The minimum absolute atomic E-state index is 1.17. The summed E-state index contributed by atoms with van der Waals surface area (Å²) in [6, 6.07) is 0. The Labute approximate surface area is 31.9 Å². The molecule has 0 saturated carbocycles. The lowest BCUT2D eigenvalue weighted by molar-refractivity contribution is 2.00. The fourth-order valence-corrected chi connectivity index (χ4v) is 2.66. The van der Waals surface area contributed by atoms with Crippen molar-refractivity contribution in [3.05, 3.63) is 0 Å². The molecule has 0 amide bonds. The van der Waals surface area contributed by atoms with E-state index in [0.29, 0.717) is 0 Å². The molecule has 4 fully saturated rings. The molecular formula is CB4. The molecule has 0 bridgehead atoms. The zero-order chi connectivity index (χ0) is 2.81. The summed E-state index contributed by atoms with van der Waals surface area (Å²) >= 11 is 0. The van der Waals surface area contributed by atoms with Crippen LogP contribution in [0.2, 0.25) is 5.01 Å². The molecule has 5 heavy (non-hydrogen) atoms. The molecule has 1 spiro atoms. The van der Waals surface area contributed by atoms with Gasteiger partial charge in [0.05, 0.1) is 0 Å². The van der Waals surface area contributed by atoms with Gasteiger partial charge in [-0.1, -0.05) is 0 Å². The number of hydrogen-bond acceptors (Lipinski definition) is 0. The molecule has 0 aromatic carbocycles. The van der Waals surface area contributed by atoms with Gasteiger partial charge in [0.25, 0.3) is 0 Å². The van der Waals surface area contributed by atoms with Crippen molar-refractivity contribution in [2.24, 2.45) is 0 Å². The van der Waals surface area contributed by atoms with Crippen molar-refractivity contribution in [2.75, 3.05) is 0 Å². The monoisotopic (exact) mass is 56.0 g/mol. The van der Waals surface area contributed by atoms with E-state index in [1.807, 2.05) is 0 Å². The van der Waals surface area contributed by atoms with E-state index in [2.05, 4.69) is 0 Å². The molecule has 4 aliphatic rings. The van der Waals surface area contributed by atoms with Crippen LogP contribution >= 0.6 is 0 Å². The average molecular weight is 55.3 g/mol. The Kier molecular flexibility index (Phi) is 0.0380. The summed E-state index contributed by atoms with van der Waals surface area (Å²) in [5, 5.41) is 1.17. The van der Waals surface area contributed by atoms with Gasteiger partial charge in [0, 0.05) is 26.0 Å². The molecule has 16 valence electrons. The maximum atomic E-state index is 1.35. The molecule has 0 nitrogen and oxygen atoms in total. The van der Waals surface area contributed by atoms with E-state index < -0.39 is 0 Å². The maximum absolute atomic E-state index is 1.35. The zero-order valence-electron chi connectivity index (χ0n) is 2.81. The van der Waals surface area contributed by atoms with Crippen molar-refractivity contribution in [1.29, 1.82) is 0 Å². The van der Waals surface area contributed by atoms with Crippen molar-refractivity contribution in [3.8, 4) is 0 Å². The van der Waals surface area contributed by atoms with Gasteiger partial charge in [0.2, 0.25) is 0 Å². The molecule has 0 aromatic rings. The standard InChI is InChI=1S/CB4/c2-1-3(2)5(1)4(1)2. The maximum Gasteiger partial charge on any atom is 0.0410 e. The van der Waals surface area contributed by atoms with Crippen LogP contribution in [0.15, 0.2) is 0 Å². The van der Waals surface area contributed by atoms with Gasteiger partial charge >= 0.3 is 0 Å². The van der Waals surface area contributed by atoms with Crippen LogP contribution in [0.1, 0.15) is 0 Å². The summed E-state index contributed by atoms with van der Waals surface area (Å²) in [7, 11) is 0. The van der Waals surface area contributed by atoms with Crippen LogP contribution in [0.25, 0.3) is 0 Å². The highest BCUT2D eigenvalue weighted by atomic mass is 14.5. The van der Waals surface area contributed by atoms with E-state index in [4.69, 9.17) is 0 Å². The van der Waals surface area contributed by atoms with Crippen LogP contribution in [0.4, 0.5) is 0 Å². The SMILES string of the molecule is B12B3B4B1C234. The topological polar surface area (TPSA) is 0 Å². The third kappa shape index (κ3) is 0.0209. The molecule has 0 unspecified atom stereocenters. The molecule has 0 N–H and O–H groups in total. The Hall–Kier alpha value is 0.260. The van der Waals surface area contributed by atoms with Crippen molar-refractivity contribution in [3.63, 3.8) is 0 Å². The van der Waals surface area contributed by atoms with Crippen LogP contribution in [-0.4, -0.2) is 26.0 Å². The molecule has 4 aliphatic heterocycles. The summed E-state index contributed by atoms with van der Waals surface area (Å²) in [5.41, 5.74) is 0. The smallest absolute Gasteiger partial charge is 0.0410 e. The zero-order valence-corrected chi connectivity index (χ0v) is 2.81. The van der Waals surface area contributed by atoms with E-state index in [1.165, 1.54) is 31.0 Å². The molecule has 4 rings (SSSR count). The Bertz CT molecular complexity index is 106. The minimum atomic E-state index is 1.17. The lowest BCUT2D eigenvalue weighted by Gasteiger charge is -1.96. The first-order chi connectivity index (χ1) is 2.49. The van der Waals surface area contributed by atoms with Gasteiger partial charge in [-0.25, -0.2) is 0 Å². The summed E-state index contributed by atoms with van der Waals surface area (Å²) in [6.07, 6.45) is 0. The van der Waals surface area contributed by atoms with Crippen molar-refractivity contribution in [1.82, 2.24) is 0 Å². The fourth-order valence-electron chi connectivity index (χ4n) is 2.66.